The van der Waals surface area contributed by atoms with E-state index in [1.165, 1.54) is 0 Å². The molecule has 138 valence electrons. The van der Waals surface area contributed by atoms with Crippen LogP contribution < -0.4 is 10.6 Å². The largest absolute Gasteiger partial charge is 0.341 e. The number of nitrogens with zero attached hydrogens (tertiary/aromatic N) is 2. The molecule has 2 heterocycles. The van der Waals surface area contributed by atoms with Crippen LogP contribution in [0.4, 0.5) is 0 Å². The molecule has 1 aliphatic heterocycles. The van der Waals surface area contributed by atoms with E-state index in [9.17, 15) is 9.59 Å². The number of carbonyl (C=O) groups is 2. The van der Waals surface area contributed by atoms with Crippen molar-refractivity contribution >= 4 is 24.2 Å². The predicted molar refractivity (Wildman–Crippen MR) is 102 cm³/mol. The van der Waals surface area contributed by atoms with Crippen molar-refractivity contribution in [3.8, 4) is 0 Å². The molecule has 1 aromatic carbocycles. The van der Waals surface area contributed by atoms with Gasteiger partial charge in [-0.3, -0.25) is 14.6 Å². The summed E-state index contributed by atoms with van der Waals surface area (Å²) in [5.74, 6) is -0.325. The van der Waals surface area contributed by atoms with Crippen LogP contribution in [0, 0.1) is 0 Å². The molecule has 1 saturated heterocycles. The van der Waals surface area contributed by atoms with Gasteiger partial charge in [0.1, 0.15) is 6.04 Å². The minimum Gasteiger partial charge on any atom is -0.341 e. The van der Waals surface area contributed by atoms with Gasteiger partial charge in [-0.15, -0.1) is 12.4 Å². The first-order valence-electron chi connectivity index (χ1n) is 8.44. The lowest BCUT2D eigenvalue weighted by Crippen LogP contribution is -2.54. The van der Waals surface area contributed by atoms with Gasteiger partial charge in [0, 0.05) is 37.6 Å². The maximum absolute atomic E-state index is 12.9. The quantitative estimate of drug-likeness (QED) is 0.855. The lowest BCUT2D eigenvalue weighted by atomic mass is 10.0. The molecule has 1 fully saturated rings. The molecular formula is C19H23ClN4O2. The van der Waals surface area contributed by atoms with Crippen molar-refractivity contribution in [1.82, 2.24) is 20.5 Å². The second-order valence-electron chi connectivity index (χ2n) is 6.10. The zero-order valence-corrected chi connectivity index (χ0v) is 15.4. The minimum absolute atomic E-state index is 0. The number of pyridine rings is 1. The van der Waals surface area contributed by atoms with Crippen LogP contribution in [0.2, 0.25) is 0 Å². The molecule has 2 atom stereocenters. The number of carbonyl (C=O) groups excluding carboxylic acids is 2. The van der Waals surface area contributed by atoms with E-state index in [4.69, 9.17) is 0 Å². The second-order valence-corrected chi connectivity index (χ2v) is 6.10. The summed E-state index contributed by atoms with van der Waals surface area (Å²) in [7, 11) is 0. The average molecular weight is 375 g/mol. The Morgan fingerprint density at radius 1 is 1.23 bits per heavy atom. The van der Waals surface area contributed by atoms with Gasteiger partial charge in [-0.2, -0.15) is 0 Å². The van der Waals surface area contributed by atoms with Crippen molar-refractivity contribution in [2.24, 2.45) is 0 Å². The molecule has 0 aliphatic carbocycles. The van der Waals surface area contributed by atoms with Gasteiger partial charge in [-0.25, -0.2) is 0 Å². The van der Waals surface area contributed by atoms with E-state index in [1.54, 1.807) is 43.6 Å². The molecule has 2 amide bonds. The van der Waals surface area contributed by atoms with E-state index in [2.05, 4.69) is 15.6 Å². The Hall–Kier alpha value is -2.44. The highest BCUT2D eigenvalue weighted by Crippen LogP contribution is 2.22. The van der Waals surface area contributed by atoms with Crippen LogP contribution in [0.5, 0.6) is 0 Å². The monoisotopic (exact) mass is 374 g/mol. The molecule has 0 bridgehead atoms. The van der Waals surface area contributed by atoms with Crippen LogP contribution in [0.25, 0.3) is 0 Å². The number of aromatic nitrogens is 1. The summed E-state index contributed by atoms with van der Waals surface area (Å²) in [5.41, 5.74) is 1.54. The maximum atomic E-state index is 12.9. The zero-order valence-electron chi connectivity index (χ0n) is 14.6. The lowest BCUT2D eigenvalue weighted by Gasteiger charge is -2.38. The Bertz CT molecular complexity index is 727. The second kappa shape index (κ2) is 9.31. The normalized spacial score (nSPS) is 17.7. The molecule has 0 radical (unpaired) electrons. The van der Waals surface area contributed by atoms with E-state index >= 15 is 0 Å². The van der Waals surface area contributed by atoms with Gasteiger partial charge < -0.3 is 15.5 Å². The van der Waals surface area contributed by atoms with Gasteiger partial charge in [-0.05, 0) is 30.7 Å². The molecule has 2 N–H and O–H groups in total. The third-order valence-electron chi connectivity index (χ3n) is 4.35. The number of halogens is 1. The Morgan fingerprint density at radius 2 is 2.00 bits per heavy atom. The number of nitrogens with one attached hydrogen (secondary N) is 2. The van der Waals surface area contributed by atoms with E-state index < -0.39 is 6.04 Å². The fourth-order valence-corrected chi connectivity index (χ4v) is 3.02. The van der Waals surface area contributed by atoms with Gasteiger partial charge >= 0.3 is 0 Å². The van der Waals surface area contributed by atoms with Crippen LogP contribution in [0.1, 0.15) is 28.9 Å². The van der Waals surface area contributed by atoms with Crippen molar-refractivity contribution in [3.63, 3.8) is 0 Å². The van der Waals surface area contributed by atoms with Gasteiger partial charge in [0.25, 0.3) is 5.91 Å². The molecule has 26 heavy (non-hydrogen) atoms. The summed E-state index contributed by atoms with van der Waals surface area (Å²) in [5, 5.41) is 6.11. The highest BCUT2D eigenvalue weighted by Gasteiger charge is 2.31. The smallest absolute Gasteiger partial charge is 0.251 e. The van der Waals surface area contributed by atoms with E-state index in [-0.39, 0.29) is 30.3 Å². The molecule has 2 unspecified atom stereocenters. The molecule has 3 rings (SSSR count). The summed E-state index contributed by atoms with van der Waals surface area (Å²) in [6.07, 6.45) is 3.50. The van der Waals surface area contributed by atoms with E-state index in [0.717, 1.165) is 12.1 Å². The molecule has 2 aromatic rings. The summed E-state index contributed by atoms with van der Waals surface area (Å²) in [6, 6.07) is 12.1. The number of hydrogen-bond acceptors (Lipinski definition) is 4. The summed E-state index contributed by atoms with van der Waals surface area (Å²) >= 11 is 0. The maximum Gasteiger partial charge on any atom is 0.251 e. The first-order valence-corrected chi connectivity index (χ1v) is 8.44. The highest BCUT2D eigenvalue weighted by molar-refractivity contribution is 5.97. The van der Waals surface area contributed by atoms with Gasteiger partial charge in [0.05, 0.1) is 6.04 Å². The Morgan fingerprint density at radius 3 is 2.69 bits per heavy atom. The number of rotatable bonds is 4. The fraction of sp³-hybridized carbons (Fsp3) is 0.316. The van der Waals surface area contributed by atoms with Crippen molar-refractivity contribution in [2.75, 3.05) is 19.6 Å². The minimum atomic E-state index is -0.593. The molecular weight excluding hydrogens is 352 g/mol. The van der Waals surface area contributed by atoms with Crippen molar-refractivity contribution in [2.45, 2.75) is 19.0 Å². The fourth-order valence-electron chi connectivity index (χ4n) is 3.02. The number of piperazine rings is 1. The number of benzene rings is 1. The molecule has 1 aliphatic rings. The van der Waals surface area contributed by atoms with Crippen LogP contribution in [-0.2, 0) is 4.79 Å². The third kappa shape index (κ3) is 4.59. The van der Waals surface area contributed by atoms with Crippen molar-refractivity contribution < 1.29 is 9.59 Å². The van der Waals surface area contributed by atoms with E-state index in [1.807, 2.05) is 23.1 Å². The first kappa shape index (κ1) is 19.9. The Kier molecular flexibility index (Phi) is 7.12. The van der Waals surface area contributed by atoms with Crippen LogP contribution in [-0.4, -0.2) is 47.4 Å². The summed E-state index contributed by atoms with van der Waals surface area (Å²) < 4.78 is 0. The predicted octanol–water partition coefficient (Wildman–Crippen LogP) is 1.79. The van der Waals surface area contributed by atoms with Gasteiger partial charge in [-0.1, -0.05) is 24.3 Å². The summed E-state index contributed by atoms with van der Waals surface area (Å²) in [6.45, 7) is 3.74. The topological polar surface area (TPSA) is 74.3 Å². The van der Waals surface area contributed by atoms with Crippen molar-refractivity contribution in [3.05, 3.63) is 66.0 Å². The number of hydrogen-bond donors (Lipinski definition) is 2. The lowest BCUT2D eigenvalue weighted by molar-refractivity contribution is -0.136. The van der Waals surface area contributed by atoms with Crippen LogP contribution >= 0.6 is 12.4 Å². The molecule has 6 nitrogen and oxygen atoms in total. The SMILES string of the molecule is CC(NC(=O)c1ccccc1)C(=O)N1CCNCC1c1cccnc1.Cl. The standard InChI is InChI=1S/C19H22N4O2.ClH/c1-14(22-18(24)15-6-3-2-4-7-15)19(25)23-11-10-21-13-17(23)16-8-5-9-20-12-16;/h2-9,12,14,17,21H,10-11,13H2,1H3,(H,22,24);1H. The Labute approximate surface area is 159 Å². The number of amides is 2. The molecule has 0 saturated carbocycles. The summed E-state index contributed by atoms with van der Waals surface area (Å²) in [4.78, 5) is 31.2. The highest BCUT2D eigenvalue weighted by atomic mass is 35.5. The zero-order chi connectivity index (χ0) is 17.6. The third-order valence-corrected chi connectivity index (χ3v) is 4.35. The average Bonchev–Trinajstić information content (AvgIpc) is 2.68. The van der Waals surface area contributed by atoms with Crippen LogP contribution in [0.3, 0.4) is 0 Å². The molecule has 0 spiro atoms. The van der Waals surface area contributed by atoms with Gasteiger partial charge in [0.2, 0.25) is 5.91 Å². The van der Waals surface area contributed by atoms with Gasteiger partial charge in [0.15, 0.2) is 0 Å². The van der Waals surface area contributed by atoms with Crippen LogP contribution in [0.15, 0.2) is 54.9 Å². The molecule has 1 aromatic heterocycles. The first-order chi connectivity index (χ1) is 12.2. The Balaban J connectivity index is 0.00000243. The van der Waals surface area contributed by atoms with Crippen molar-refractivity contribution in [1.29, 1.82) is 0 Å². The van der Waals surface area contributed by atoms with E-state index in [0.29, 0.717) is 18.7 Å². The molecule has 7 heteroatoms.